The lowest BCUT2D eigenvalue weighted by atomic mass is 10.2. The van der Waals surface area contributed by atoms with Gasteiger partial charge >= 0.3 is 5.97 Å². The topological polar surface area (TPSA) is 98.5 Å². The number of esters is 1. The molecule has 0 aliphatic heterocycles. The second-order valence-corrected chi connectivity index (χ2v) is 6.01. The van der Waals surface area contributed by atoms with E-state index < -0.39 is 23.4 Å². The number of benzene rings is 2. The minimum Gasteiger partial charge on any atom is -0.452 e. The predicted molar refractivity (Wildman–Crippen MR) is 93.5 cm³/mol. The molecule has 25 heavy (non-hydrogen) atoms. The fourth-order valence-electron chi connectivity index (χ4n) is 1.83. The third kappa shape index (κ3) is 5.32. The molecule has 0 aliphatic carbocycles. The van der Waals surface area contributed by atoms with Crippen LogP contribution in [0, 0.1) is 10.1 Å². The van der Waals surface area contributed by atoms with E-state index >= 15 is 0 Å². The van der Waals surface area contributed by atoms with E-state index in [1.54, 1.807) is 0 Å². The molecule has 2 aromatic rings. The highest BCUT2D eigenvalue weighted by Gasteiger charge is 2.18. The van der Waals surface area contributed by atoms with Gasteiger partial charge in [0, 0.05) is 21.1 Å². The molecule has 2 rings (SSSR count). The third-order valence-corrected chi connectivity index (χ3v) is 3.53. The molecule has 1 N–H and O–H groups in total. The van der Waals surface area contributed by atoms with Crippen LogP contribution in [0.3, 0.4) is 0 Å². The summed E-state index contributed by atoms with van der Waals surface area (Å²) in [4.78, 5) is 34.0. The van der Waals surface area contributed by atoms with Crippen LogP contribution in [0.25, 0.3) is 0 Å². The number of rotatable bonds is 5. The van der Waals surface area contributed by atoms with Gasteiger partial charge in [0.15, 0.2) is 6.61 Å². The molecule has 0 aromatic heterocycles. The van der Waals surface area contributed by atoms with Gasteiger partial charge in [-0.05, 0) is 30.3 Å². The van der Waals surface area contributed by atoms with E-state index in [4.69, 9.17) is 39.5 Å². The Kier molecular flexibility index (Phi) is 6.19. The first-order valence-corrected chi connectivity index (χ1v) is 7.76. The van der Waals surface area contributed by atoms with E-state index in [-0.39, 0.29) is 32.0 Å². The SMILES string of the molecule is O=C(COC(=O)c1cc(Cl)cc(Cl)c1)Nc1ccc(Cl)cc1[N+](=O)[O-]. The Hall–Kier alpha value is -2.35. The highest BCUT2D eigenvalue weighted by atomic mass is 35.5. The van der Waals surface area contributed by atoms with Crippen LogP contribution in [0.4, 0.5) is 11.4 Å². The molecule has 10 heteroatoms. The van der Waals surface area contributed by atoms with Gasteiger partial charge in [-0.2, -0.15) is 0 Å². The molecule has 0 bridgehead atoms. The van der Waals surface area contributed by atoms with Crippen molar-refractivity contribution in [2.45, 2.75) is 0 Å². The standard InChI is InChI=1S/C15H9Cl3N2O5/c16-9-1-2-12(13(6-9)20(23)24)19-14(21)7-25-15(22)8-3-10(17)5-11(18)4-8/h1-6H,7H2,(H,19,21). The number of nitro benzene ring substituents is 1. The van der Waals surface area contributed by atoms with Crippen LogP contribution in [0.15, 0.2) is 36.4 Å². The normalized spacial score (nSPS) is 10.2. The van der Waals surface area contributed by atoms with Gasteiger partial charge in [-0.15, -0.1) is 0 Å². The van der Waals surface area contributed by atoms with Gasteiger partial charge in [0.05, 0.1) is 10.5 Å². The molecule has 0 unspecified atom stereocenters. The van der Waals surface area contributed by atoms with Crippen molar-refractivity contribution in [3.05, 3.63) is 67.1 Å². The summed E-state index contributed by atoms with van der Waals surface area (Å²) >= 11 is 17.2. The number of nitrogens with zero attached hydrogens (tertiary/aromatic N) is 1. The molecular weight excluding hydrogens is 395 g/mol. The van der Waals surface area contributed by atoms with Crippen LogP contribution in [0.5, 0.6) is 0 Å². The van der Waals surface area contributed by atoms with Crippen molar-refractivity contribution in [1.82, 2.24) is 0 Å². The summed E-state index contributed by atoms with van der Waals surface area (Å²) in [6.07, 6.45) is 0. The van der Waals surface area contributed by atoms with Gasteiger partial charge in [-0.25, -0.2) is 4.79 Å². The van der Waals surface area contributed by atoms with Gasteiger partial charge in [-0.1, -0.05) is 34.8 Å². The Morgan fingerprint density at radius 3 is 2.28 bits per heavy atom. The second-order valence-electron chi connectivity index (χ2n) is 4.70. The largest absolute Gasteiger partial charge is 0.452 e. The van der Waals surface area contributed by atoms with E-state index in [0.717, 1.165) is 6.07 Å². The van der Waals surface area contributed by atoms with Crippen molar-refractivity contribution in [2.75, 3.05) is 11.9 Å². The van der Waals surface area contributed by atoms with E-state index in [1.807, 2.05) is 0 Å². The molecule has 0 spiro atoms. The number of halogens is 3. The fraction of sp³-hybridized carbons (Fsp3) is 0.0667. The lowest BCUT2D eigenvalue weighted by Gasteiger charge is -2.08. The van der Waals surface area contributed by atoms with Crippen LogP contribution in [0.1, 0.15) is 10.4 Å². The lowest BCUT2D eigenvalue weighted by molar-refractivity contribution is -0.383. The summed E-state index contributed by atoms with van der Waals surface area (Å²) in [5.41, 5.74) is -0.377. The minimum atomic E-state index is -0.815. The maximum atomic E-state index is 11.9. The van der Waals surface area contributed by atoms with Crippen molar-refractivity contribution in [3.63, 3.8) is 0 Å². The Labute approximate surface area is 156 Å². The molecule has 130 valence electrons. The third-order valence-electron chi connectivity index (χ3n) is 2.86. The zero-order chi connectivity index (χ0) is 18.6. The van der Waals surface area contributed by atoms with Gasteiger partial charge in [0.1, 0.15) is 5.69 Å². The fourth-order valence-corrected chi connectivity index (χ4v) is 2.53. The zero-order valence-electron chi connectivity index (χ0n) is 12.3. The monoisotopic (exact) mass is 402 g/mol. The van der Waals surface area contributed by atoms with E-state index in [9.17, 15) is 19.7 Å². The molecule has 0 saturated carbocycles. The highest BCUT2D eigenvalue weighted by Crippen LogP contribution is 2.27. The number of nitro groups is 1. The molecule has 1 amide bonds. The first-order valence-electron chi connectivity index (χ1n) is 6.63. The maximum absolute atomic E-state index is 11.9. The molecule has 0 heterocycles. The number of ether oxygens (including phenoxy) is 1. The Morgan fingerprint density at radius 2 is 1.68 bits per heavy atom. The predicted octanol–water partition coefficient (Wildman–Crippen LogP) is 4.35. The average Bonchev–Trinajstić information content (AvgIpc) is 2.53. The van der Waals surface area contributed by atoms with Crippen LogP contribution in [-0.2, 0) is 9.53 Å². The summed E-state index contributed by atoms with van der Waals surface area (Å²) in [5, 5.41) is 13.9. The minimum absolute atomic E-state index is 0.0683. The number of hydrogen-bond acceptors (Lipinski definition) is 5. The van der Waals surface area contributed by atoms with Gasteiger partial charge in [-0.3, -0.25) is 14.9 Å². The zero-order valence-corrected chi connectivity index (χ0v) is 14.6. The van der Waals surface area contributed by atoms with Crippen molar-refractivity contribution >= 4 is 58.1 Å². The van der Waals surface area contributed by atoms with Crippen LogP contribution >= 0.6 is 34.8 Å². The number of amides is 1. The van der Waals surface area contributed by atoms with Crippen LogP contribution in [-0.4, -0.2) is 23.4 Å². The molecule has 0 saturated heterocycles. The summed E-state index contributed by atoms with van der Waals surface area (Å²) in [7, 11) is 0. The molecule has 0 atom stereocenters. The van der Waals surface area contributed by atoms with Gasteiger partial charge < -0.3 is 10.1 Å². The number of hydrogen-bond donors (Lipinski definition) is 1. The van der Waals surface area contributed by atoms with Gasteiger partial charge in [0.2, 0.25) is 0 Å². The maximum Gasteiger partial charge on any atom is 0.338 e. The van der Waals surface area contributed by atoms with Crippen LogP contribution < -0.4 is 5.32 Å². The highest BCUT2D eigenvalue weighted by molar-refractivity contribution is 6.35. The molecule has 0 aliphatic rings. The summed E-state index contributed by atoms with van der Waals surface area (Å²) in [6, 6.07) is 7.85. The lowest BCUT2D eigenvalue weighted by Crippen LogP contribution is -2.21. The van der Waals surface area contributed by atoms with E-state index in [1.165, 1.54) is 30.3 Å². The van der Waals surface area contributed by atoms with Crippen molar-refractivity contribution in [3.8, 4) is 0 Å². The molecule has 2 aromatic carbocycles. The summed E-state index contributed by atoms with van der Waals surface area (Å²) < 4.78 is 4.83. The van der Waals surface area contributed by atoms with Crippen molar-refractivity contribution in [1.29, 1.82) is 0 Å². The first kappa shape index (κ1) is 19.0. The number of carbonyl (C=O) groups excluding carboxylic acids is 2. The second kappa shape index (κ2) is 8.15. The Balaban J connectivity index is 2.01. The summed E-state index contributed by atoms with van der Waals surface area (Å²) in [5.74, 6) is -1.57. The molecule has 0 fully saturated rings. The van der Waals surface area contributed by atoms with Crippen molar-refractivity contribution < 1.29 is 19.2 Å². The van der Waals surface area contributed by atoms with E-state index in [0.29, 0.717) is 0 Å². The smallest absolute Gasteiger partial charge is 0.338 e. The number of carbonyl (C=O) groups is 2. The van der Waals surface area contributed by atoms with Crippen LogP contribution in [0.2, 0.25) is 15.1 Å². The molecular formula is C15H9Cl3N2O5. The Morgan fingerprint density at radius 1 is 1.04 bits per heavy atom. The van der Waals surface area contributed by atoms with Crippen molar-refractivity contribution in [2.24, 2.45) is 0 Å². The first-order chi connectivity index (χ1) is 11.8. The quantitative estimate of drug-likeness (QED) is 0.454. The Bertz CT molecular complexity index is 837. The molecule has 0 radical (unpaired) electrons. The summed E-state index contributed by atoms with van der Waals surface area (Å²) in [6.45, 7) is -0.650. The van der Waals surface area contributed by atoms with E-state index in [2.05, 4.69) is 5.32 Å². The number of nitrogens with one attached hydrogen (secondary N) is 1. The van der Waals surface area contributed by atoms with Gasteiger partial charge in [0.25, 0.3) is 11.6 Å². The average molecular weight is 404 g/mol. The molecule has 7 nitrogen and oxygen atoms in total. The number of anilines is 1.